The van der Waals surface area contributed by atoms with Gasteiger partial charge in [-0.15, -0.1) is 10.2 Å². The standard InChI is InChI=1S/C22H15F5N6O2/c23-13-2-3-14-17(8-13)33(28-9-18(14)34)10-12-1-4-16(24)15(7-12)20(35)31-5-6-32-19(11-31)29-30-21(32)22(25,26)27/h1-4,7-9H,5-6,10-11H2. The Balaban J connectivity index is 1.43. The molecule has 2 aromatic carbocycles. The highest BCUT2D eigenvalue weighted by atomic mass is 19.4. The topological polar surface area (TPSA) is 85.9 Å². The quantitative estimate of drug-likeness (QED) is 0.413. The fourth-order valence-corrected chi connectivity index (χ4v) is 4.03. The largest absolute Gasteiger partial charge is 0.451 e. The van der Waals surface area contributed by atoms with E-state index in [1.54, 1.807) is 0 Å². The van der Waals surface area contributed by atoms with Crippen LogP contribution >= 0.6 is 0 Å². The second kappa shape index (κ2) is 8.25. The van der Waals surface area contributed by atoms with Crippen molar-refractivity contribution in [2.75, 3.05) is 6.54 Å². The Labute approximate surface area is 193 Å². The Kier molecular flexibility index (Phi) is 5.33. The van der Waals surface area contributed by atoms with Crippen molar-refractivity contribution in [2.45, 2.75) is 25.8 Å². The van der Waals surface area contributed by atoms with Gasteiger partial charge in [0.25, 0.3) is 5.91 Å². The van der Waals surface area contributed by atoms with Crippen LogP contribution in [0.1, 0.15) is 27.6 Å². The van der Waals surface area contributed by atoms with Crippen LogP contribution in [0.4, 0.5) is 22.0 Å². The monoisotopic (exact) mass is 490 g/mol. The number of hydrogen-bond acceptors (Lipinski definition) is 5. The molecule has 180 valence electrons. The molecule has 0 spiro atoms. The van der Waals surface area contributed by atoms with Gasteiger partial charge >= 0.3 is 6.18 Å². The average Bonchev–Trinajstić information content (AvgIpc) is 3.25. The highest BCUT2D eigenvalue weighted by molar-refractivity contribution is 5.94. The molecular formula is C22H15F5N6O2. The number of alkyl halides is 3. The molecule has 0 aliphatic carbocycles. The van der Waals surface area contributed by atoms with Gasteiger partial charge in [-0.3, -0.25) is 14.3 Å². The van der Waals surface area contributed by atoms with Crippen molar-refractivity contribution in [3.05, 3.63) is 87.2 Å². The summed E-state index contributed by atoms with van der Waals surface area (Å²) in [4.78, 5) is 26.3. The molecule has 1 amide bonds. The van der Waals surface area contributed by atoms with Crippen molar-refractivity contribution >= 4 is 16.8 Å². The van der Waals surface area contributed by atoms with Crippen LogP contribution in [0.3, 0.4) is 0 Å². The number of benzene rings is 2. The fourth-order valence-electron chi connectivity index (χ4n) is 4.03. The summed E-state index contributed by atoms with van der Waals surface area (Å²) in [6, 6.07) is 7.44. The van der Waals surface area contributed by atoms with E-state index in [2.05, 4.69) is 15.3 Å². The molecular weight excluding hydrogens is 475 g/mol. The second-order valence-electron chi connectivity index (χ2n) is 7.96. The average molecular weight is 490 g/mol. The summed E-state index contributed by atoms with van der Waals surface area (Å²) in [6.45, 7) is -0.550. The van der Waals surface area contributed by atoms with Crippen molar-refractivity contribution < 1.29 is 26.7 Å². The van der Waals surface area contributed by atoms with E-state index >= 15 is 0 Å². The summed E-state index contributed by atoms with van der Waals surface area (Å²) in [7, 11) is 0. The number of rotatable bonds is 3. The molecule has 13 heteroatoms. The minimum Gasteiger partial charge on any atom is -0.329 e. The lowest BCUT2D eigenvalue weighted by molar-refractivity contribution is -0.147. The van der Waals surface area contributed by atoms with Gasteiger partial charge in [0.2, 0.25) is 11.3 Å². The SMILES string of the molecule is O=C(c1cc(Cn2ncc(=O)c3ccc(F)cc32)ccc1F)N1CCn2c(nnc2C(F)(F)F)C1. The zero-order valence-corrected chi connectivity index (χ0v) is 17.8. The summed E-state index contributed by atoms with van der Waals surface area (Å²) < 4.78 is 69.7. The number of amides is 1. The number of carbonyl (C=O) groups excluding carboxylic acids is 1. The number of fused-ring (bicyclic) bond motifs is 2. The number of halogens is 5. The normalized spacial score (nSPS) is 13.8. The summed E-state index contributed by atoms with van der Waals surface area (Å²) >= 11 is 0. The molecule has 4 aromatic rings. The number of hydrogen-bond donors (Lipinski definition) is 0. The highest BCUT2D eigenvalue weighted by Crippen LogP contribution is 2.30. The van der Waals surface area contributed by atoms with Gasteiger partial charge in [-0.2, -0.15) is 18.3 Å². The van der Waals surface area contributed by atoms with Crippen LogP contribution in [0.15, 0.2) is 47.4 Å². The van der Waals surface area contributed by atoms with E-state index in [9.17, 15) is 31.5 Å². The third-order valence-electron chi connectivity index (χ3n) is 5.71. The van der Waals surface area contributed by atoms with Crippen molar-refractivity contribution in [1.29, 1.82) is 0 Å². The molecule has 1 aliphatic heterocycles. The summed E-state index contributed by atoms with van der Waals surface area (Å²) in [5, 5.41) is 11.0. The third kappa shape index (κ3) is 4.13. The van der Waals surface area contributed by atoms with Gasteiger partial charge in [-0.05, 0) is 35.9 Å². The van der Waals surface area contributed by atoms with E-state index in [0.29, 0.717) is 5.56 Å². The Bertz CT molecular complexity index is 1530. The maximum Gasteiger partial charge on any atom is 0.451 e. The van der Waals surface area contributed by atoms with Gasteiger partial charge in [-0.25, -0.2) is 8.78 Å². The van der Waals surface area contributed by atoms with E-state index in [1.165, 1.54) is 27.8 Å². The van der Waals surface area contributed by atoms with Crippen LogP contribution in [0.2, 0.25) is 0 Å². The fraction of sp³-hybridized carbons (Fsp3) is 0.227. The first-order chi connectivity index (χ1) is 16.6. The minimum atomic E-state index is -4.68. The lowest BCUT2D eigenvalue weighted by Crippen LogP contribution is -2.39. The van der Waals surface area contributed by atoms with Gasteiger partial charge in [0.05, 0.1) is 30.4 Å². The summed E-state index contributed by atoms with van der Waals surface area (Å²) in [5.74, 6) is -3.31. The lowest BCUT2D eigenvalue weighted by atomic mass is 10.1. The highest BCUT2D eigenvalue weighted by Gasteiger charge is 2.40. The molecule has 0 fully saturated rings. The number of nitrogens with zero attached hydrogens (tertiary/aromatic N) is 6. The van der Waals surface area contributed by atoms with Crippen LogP contribution in [-0.4, -0.2) is 41.9 Å². The van der Waals surface area contributed by atoms with Crippen LogP contribution in [0.5, 0.6) is 0 Å². The van der Waals surface area contributed by atoms with Crippen LogP contribution in [0, 0.1) is 11.6 Å². The Hall–Kier alpha value is -4.16. The maximum atomic E-state index is 14.6. The minimum absolute atomic E-state index is 0.00403. The summed E-state index contributed by atoms with van der Waals surface area (Å²) in [6.07, 6.45) is -3.60. The molecule has 5 rings (SSSR count). The van der Waals surface area contributed by atoms with Gasteiger partial charge in [0.1, 0.15) is 11.6 Å². The Morgan fingerprint density at radius 1 is 1.03 bits per heavy atom. The smallest absolute Gasteiger partial charge is 0.329 e. The molecule has 0 radical (unpaired) electrons. The molecule has 0 saturated heterocycles. The summed E-state index contributed by atoms with van der Waals surface area (Å²) in [5.41, 5.74) is -0.0116. The number of aromatic nitrogens is 5. The first-order valence-corrected chi connectivity index (χ1v) is 10.3. The third-order valence-corrected chi connectivity index (χ3v) is 5.71. The molecule has 2 aromatic heterocycles. The molecule has 0 N–H and O–H groups in total. The molecule has 0 unspecified atom stereocenters. The first kappa shape index (κ1) is 22.6. The van der Waals surface area contributed by atoms with Gasteiger partial charge in [-0.1, -0.05) is 6.07 Å². The molecule has 0 bridgehead atoms. The van der Waals surface area contributed by atoms with Gasteiger partial charge in [0.15, 0.2) is 5.82 Å². The van der Waals surface area contributed by atoms with Crippen molar-refractivity contribution in [3.8, 4) is 0 Å². The van der Waals surface area contributed by atoms with Crippen LogP contribution in [0.25, 0.3) is 10.9 Å². The van der Waals surface area contributed by atoms with E-state index in [0.717, 1.165) is 29.0 Å². The first-order valence-electron chi connectivity index (χ1n) is 10.3. The second-order valence-corrected chi connectivity index (χ2v) is 7.96. The molecule has 35 heavy (non-hydrogen) atoms. The van der Waals surface area contributed by atoms with Crippen molar-refractivity contribution in [3.63, 3.8) is 0 Å². The van der Waals surface area contributed by atoms with Crippen molar-refractivity contribution in [2.24, 2.45) is 0 Å². The van der Waals surface area contributed by atoms with E-state index < -0.39 is 35.0 Å². The Morgan fingerprint density at radius 3 is 2.60 bits per heavy atom. The van der Waals surface area contributed by atoms with Crippen LogP contribution < -0.4 is 5.43 Å². The maximum absolute atomic E-state index is 14.6. The zero-order chi connectivity index (χ0) is 24.9. The molecule has 0 saturated carbocycles. The van der Waals surface area contributed by atoms with Gasteiger partial charge in [0, 0.05) is 18.5 Å². The van der Waals surface area contributed by atoms with E-state index in [1.807, 2.05) is 0 Å². The van der Waals surface area contributed by atoms with E-state index in [-0.39, 0.29) is 48.5 Å². The zero-order valence-electron chi connectivity index (χ0n) is 17.8. The Morgan fingerprint density at radius 2 is 1.83 bits per heavy atom. The predicted octanol–water partition coefficient (Wildman–Crippen LogP) is 2.99. The van der Waals surface area contributed by atoms with E-state index in [4.69, 9.17) is 0 Å². The lowest BCUT2D eigenvalue weighted by Gasteiger charge is -2.28. The molecule has 0 atom stereocenters. The van der Waals surface area contributed by atoms with Crippen molar-refractivity contribution in [1.82, 2.24) is 29.4 Å². The van der Waals surface area contributed by atoms with Gasteiger partial charge < -0.3 is 9.47 Å². The van der Waals surface area contributed by atoms with Crippen LogP contribution in [-0.2, 0) is 25.8 Å². The molecule has 1 aliphatic rings. The predicted molar refractivity (Wildman–Crippen MR) is 111 cm³/mol. The molecule has 8 nitrogen and oxygen atoms in total. The number of carbonyl (C=O) groups is 1. The molecule has 3 heterocycles.